The maximum Gasteiger partial charge on any atom is 2.00 e. The van der Waals surface area contributed by atoms with Gasteiger partial charge in [0, 0.05) is 40.4 Å². The Balaban J connectivity index is 0.00000417. The predicted octanol–water partition coefficient (Wildman–Crippen LogP) is 11.3. The van der Waals surface area contributed by atoms with Crippen molar-refractivity contribution < 1.29 is 25.8 Å². The number of ether oxygens (including phenoxy) is 1. The van der Waals surface area contributed by atoms with Crippen molar-refractivity contribution in [3.8, 4) is 23.0 Å². The van der Waals surface area contributed by atoms with Crippen LogP contribution in [0.3, 0.4) is 0 Å². The van der Waals surface area contributed by atoms with Gasteiger partial charge in [-0.25, -0.2) is 4.98 Å². The van der Waals surface area contributed by atoms with Crippen LogP contribution in [0.4, 0.5) is 0 Å². The number of aromatic nitrogens is 4. The first-order valence-electron chi connectivity index (χ1n) is 17.6. The number of fused-ring (bicyclic) bond motifs is 3. The van der Waals surface area contributed by atoms with E-state index in [4.69, 9.17) is 14.8 Å². The van der Waals surface area contributed by atoms with E-state index >= 15 is 0 Å². The minimum absolute atomic E-state index is 0. The molecule has 6 aromatic rings. The van der Waals surface area contributed by atoms with Crippen molar-refractivity contribution in [3.63, 3.8) is 0 Å². The Morgan fingerprint density at radius 1 is 0.918 bits per heavy atom. The Morgan fingerprint density at radius 3 is 2.43 bits per heavy atom. The van der Waals surface area contributed by atoms with Crippen LogP contribution in [0.1, 0.15) is 107 Å². The van der Waals surface area contributed by atoms with E-state index in [0.717, 1.165) is 51.7 Å². The SMILES string of the molecule is CCc1cc(Oc2[c-]c3c(cc2)c2ccccc2n3-c2cc(C)ccn2)[c-]c(-n2nc(C(C)C)c(C3C(C)=CCC[C@@H]3C)c2C(C)C)c1.[Pt+2]. The number of benzene rings is 3. The molecule has 0 aliphatic heterocycles. The van der Waals surface area contributed by atoms with E-state index in [-0.39, 0.29) is 27.0 Å². The third-order valence-corrected chi connectivity index (χ3v) is 9.97. The maximum absolute atomic E-state index is 6.64. The van der Waals surface area contributed by atoms with Crippen molar-refractivity contribution in [1.29, 1.82) is 0 Å². The summed E-state index contributed by atoms with van der Waals surface area (Å²) in [6, 6.07) is 28.3. The van der Waals surface area contributed by atoms with Gasteiger partial charge in [0.05, 0.1) is 5.69 Å². The summed E-state index contributed by atoms with van der Waals surface area (Å²) in [5.74, 6) is 3.72. The predicted molar refractivity (Wildman–Crippen MR) is 197 cm³/mol. The van der Waals surface area contributed by atoms with Crippen molar-refractivity contribution in [1.82, 2.24) is 19.3 Å². The fourth-order valence-electron chi connectivity index (χ4n) is 7.66. The quantitative estimate of drug-likeness (QED) is 0.113. The van der Waals surface area contributed by atoms with Gasteiger partial charge in [-0.1, -0.05) is 83.3 Å². The molecule has 0 amide bonds. The molecule has 0 fully saturated rings. The van der Waals surface area contributed by atoms with E-state index in [2.05, 4.69) is 131 Å². The van der Waals surface area contributed by atoms with Crippen LogP contribution in [-0.2, 0) is 27.5 Å². The zero-order valence-electron chi connectivity index (χ0n) is 29.9. The standard InChI is InChI=1S/C43H46N4O.Pt/c1-9-31-22-32(47-43(27(4)5)41(42(45-47)26(2)3)40-29(7)13-12-14-30(40)8)24-34(23-31)48-33-17-18-36-35-15-10-11-16-37(35)46(38(36)25-33)39-21-28(6)19-20-44-39;/h10-11,13,15-23,26-27,30,40H,9,12,14H2,1-8H3;/q-2;+2/t30-,40?;/m0./s1. The summed E-state index contributed by atoms with van der Waals surface area (Å²) >= 11 is 0. The average Bonchev–Trinajstić information content (AvgIpc) is 3.61. The number of rotatable bonds is 8. The Morgan fingerprint density at radius 2 is 1.71 bits per heavy atom. The van der Waals surface area contributed by atoms with Crippen LogP contribution in [-0.4, -0.2) is 19.3 Å². The summed E-state index contributed by atoms with van der Waals surface area (Å²) < 4.78 is 11.0. The molecule has 7 rings (SSSR count). The van der Waals surface area contributed by atoms with Crippen LogP contribution in [0.2, 0.25) is 0 Å². The van der Waals surface area contributed by atoms with Gasteiger partial charge in [-0.2, -0.15) is 16.7 Å². The molecular formula is C43H46N4OPt. The van der Waals surface area contributed by atoms with Gasteiger partial charge < -0.3 is 9.30 Å². The van der Waals surface area contributed by atoms with Crippen molar-refractivity contribution in [3.05, 3.63) is 119 Å². The number of pyridine rings is 1. The minimum atomic E-state index is 0. The van der Waals surface area contributed by atoms with Gasteiger partial charge in [0.15, 0.2) is 0 Å². The van der Waals surface area contributed by atoms with E-state index < -0.39 is 0 Å². The molecule has 0 N–H and O–H groups in total. The molecule has 0 bridgehead atoms. The van der Waals surface area contributed by atoms with Crippen molar-refractivity contribution in [2.24, 2.45) is 5.92 Å². The molecule has 0 spiro atoms. The second-order valence-corrected chi connectivity index (χ2v) is 14.2. The monoisotopic (exact) mass is 829 g/mol. The minimum Gasteiger partial charge on any atom is -0.509 e. The molecular weight excluding hydrogens is 784 g/mol. The summed E-state index contributed by atoms with van der Waals surface area (Å²) in [5.41, 5.74) is 10.6. The van der Waals surface area contributed by atoms with E-state index in [1.54, 1.807) is 0 Å². The second-order valence-electron chi connectivity index (χ2n) is 14.2. The molecule has 3 aromatic heterocycles. The van der Waals surface area contributed by atoms with Crippen LogP contribution in [0, 0.1) is 25.0 Å². The molecule has 2 atom stereocenters. The van der Waals surface area contributed by atoms with Crippen molar-refractivity contribution in [2.75, 3.05) is 0 Å². The van der Waals surface area contributed by atoms with E-state index in [1.807, 2.05) is 18.3 Å². The average molecular weight is 830 g/mol. The molecule has 1 aliphatic rings. The molecule has 1 aliphatic carbocycles. The first-order chi connectivity index (χ1) is 23.1. The fourth-order valence-corrected chi connectivity index (χ4v) is 7.66. The molecule has 1 unspecified atom stereocenters. The molecule has 0 saturated carbocycles. The molecule has 3 aromatic carbocycles. The molecule has 3 heterocycles. The molecule has 5 nitrogen and oxygen atoms in total. The van der Waals surface area contributed by atoms with Gasteiger partial charge in [-0.15, -0.1) is 35.7 Å². The van der Waals surface area contributed by atoms with Gasteiger partial charge in [-0.3, -0.25) is 4.68 Å². The van der Waals surface area contributed by atoms with Gasteiger partial charge in [0.1, 0.15) is 5.82 Å². The van der Waals surface area contributed by atoms with E-state index in [0.29, 0.717) is 29.3 Å². The zero-order valence-corrected chi connectivity index (χ0v) is 32.1. The fraction of sp³-hybridized carbons (Fsp3) is 0.349. The summed E-state index contributed by atoms with van der Waals surface area (Å²) in [6.45, 7) is 18.1. The molecule has 0 radical (unpaired) electrons. The Kier molecular flexibility index (Phi) is 10.1. The molecule has 0 saturated heterocycles. The molecule has 254 valence electrons. The molecule has 6 heteroatoms. The van der Waals surface area contributed by atoms with Crippen molar-refractivity contribution in [2.45, 2.75) is 92.4 Å². The Bertz CT molecular complexity index is 2170. The van der Waals surface area contributed by atoms with E-state index in [9.17, 15) is 0 Å². The molecule has 49 heavy (non-hydrogen) atoms. The number of para-hydroxylation sites is 1. The summed E-state index contributed by atoms with van der Waals surface area (Å²) in [7, 11) is 0. The topological polar surface area (TPSA) is 44.9 Å². The zero-order chi connectivity index (χ0) is 33.7. The number of hydrogen-bond donors (Lipinski definition) is 0. The summed E-state index contributed by atoms with van der Waals surface area (Å²) in [4.78, 5) is 4.73. The van der Waals surface area contributed by atoms with Gasteiger partial charge in [0.2, 0.25) is 0 Å². The smallest absolute Gasteiger partial charge is 0.509 e. The summed E-state index contributed by atoms with van der Waals surface area (Å²) in [6.07, 6.45) is 7.54. The van der Waals surface area contributed by atoms with Crippen LogP contribution in [0.15, 0.2) is 78.5 Å². The van der Waals surface area contributed by atoms with Gasteiger partial charge >= 0.3 is 21.1 Å². The number of aryl methyl sites for hydroxylation is 2. The van der Waals surface area contributed by atoms with Gasteiger partial charge in [0.25, 0.3) is 0 Å². The normalized spacial score (nSPS) is 16.4. The Labute approximate surface area is 305 Å². The van der Waals surface area contributed by atoms with Crippen LogP contribution in [0.25, 0.3) is 33.3 Å². The first kappa shape index (κ1) is 34.9. The van der Waals surface area contributed by atoms with Crippen LogP contribution >= 0.6 is 0 Å². The third-order valence-electron chi connectivity index (χ3n) is 9.97. The van der Waals surface area contributed by atoms with Crippen molar-refractivity contribution >= 4 is 21.8 Å². The van der Waals surface area contributed by atoms with Crippen LogP contribution in [0.5, 0.6) is 11.5 Å². The number of nitrogens with zero attached hydrogens (tertiary/aromatic N) is 4. The first-order valence-corrected chi connectivity index (χ1v) is 17.6. The van der Waals surface area contributed by atoms with E-state index in [1.165, 1.54) is 34.5 Å². The second kappa shape index (κ2) is 14.1. The number of hydrogen-bond acceptors (Lipinski definition) is 3. The van der Waals surface area contributed by atoms with Gasteiger partial charge in [-0.05, 0) is 79.3 Å². The third kappa shape index (κ3) is 6.43. The largest absolute Gasteiger partial charge is 2.00 e. The maximum atomic E-state index is 6.64. The Hall–Kier alpha value is -3.95. The number of allylic oxidation sites excluding steroid dienone is 2. The van der Waals surface area contributed by atoms with Crippen LogP contribution < -0.4 is 4.74 Å². The summed E-state index contributed by atoms with van der Waals surface area (Å²) in [5, 5.41) is 7.64.